The molecule has 1 rings (SSSR count). The smallest absolute Gasteiger partial charge is 0.0477 e. The summed E-state index contributed by atoms with van der Waals surface area (Å²) >= 11 is 0. The molecule has 0 aromatic carbocycles. The Hall–Kier alpha value is -0.120. The van der Waals surface area contributed by atoms with E-state index in [0.717, 1.165) is 26.1 Å². The molecule has 0 bridgehead atoms. The van der Waals surface area contributed by atoms with Crippen molar-refractivity contribution >= 4 is 0 Å². The first-order valence-corrected chi connectivity index (χ1v) is 6.46. The first kappa shape index (κ1) is 13.9. The van der Waals surface area contributed by atoms with Gasteiger partial charge in [0.1, 0.15) is 0 Å². The molecular weight excluding hydrogens is 200 g/mol. The van der Waals surface area contributed by atoms with Crippen molar-refractivity contribution in [3.8, 4) is 0 Å². The van der Waals surface area contributed by atoms with Crippen molar-refractivity contribution in [2.75, 3.05) is 26.8 Å². The third kappa shape index (κ3) is 4.04. The van der Waals surface area contributed by atoms with Crippen molar-refractivity contribution in [1.29, 1.82) is 0 Å². The molecule has 96 valence electrons. The Morgan fingerprint density at radius 2 is 2.19 bits per heavy atom. The Balaban J connectivity index is 2.59. The predicted molar refractivity (Wildman–Crippen MR) is 68.8 cm³/mol. The first-order valence-electron chi connectivity index (χ1n) is 6.46. The van der Waals surface area contributed by atoms with Crippen LogP contribution < -0.4 is 5.32 Å². The lowest BCUT2D eigenvalue weighted by Gasteiger charge is -2.37. The Morgan fingerprint density at radius 1 is 1.50 bits per heavy atom. The molecule has 1 aliphatic heterocycles. The summed E-state index contributed by atoms with van der Waals surface area (Å²) in [6.45, 7) is 12.4. The summed E-state index contributed by atoms with van der Waals surface area (Å²) in [5.74, 6) is 0. The van der Waals surface area contributed by atoms with Gasteiger partial charge in [-0.3, -0.25) is 4.90 Å². The summed E-state index contributed by atoms with van der Waals surface area (Å²) in [5.41, 5.74) is 0.228. The van der Waals surface area contributed by atoms with Crippen LogP contribution in [0.2, 0.25) is 0 Å². The van der Waals surface area contributed by atoms with E-state index in [1.807, 2.05) is 0 Å². The molecule has 1 heterocycles. The van der Waals surface area contributed by atoms with E-state index in [0.29, 0.717) is 12.1 Å². The molecule has 1 N–H and O–H groups in total. The minimum atomic E-state index is 0.228. The fourth-order valence-electron chi connectivity index (χ4n) is 2.50. The molecule has 3 nitrogen and oxygen atoms in total. The minimum absolute atomic E-state index is 0.228. The summed E-state index contributed by atoms with van der Waals surface area (Å²) in [6.07, 6.45) is 2.36. The molecule has 1 aliphatic rings. The van der Waals surface area contributed by atoms with E-state index in [2.05, 4.69) is 37.9 Å². The lowest BCUT2D eigenvalue weighted by atomic mass is 10.0. The lowest BCUT2D eigenvalue weighted by Crippen LogP contribution is -2.50. The van der Waals surface area contributed by atoms with Crippen LogP contribution in [0.15, 0.2) is 0 Å². The molecule has 0 aromatic heterocycles. The maximum absolute atomic E-state index is 5.18. The van der Waals surface area contributed by atoms with Gasteiger partial charge in [-0.2, -0.15) is 0 Å². The van der Waals surface area contributed by atoms with E-state index >= 15 is 0 Å². The molecule has 0 saturated carbocycles. The van der Waals surface area contributed by atoms with Crippen molar-refractivity contribution in [2.45, 2.75) is 58.2 Å². The van der Waals surface area contributed by atoms with Gasteiger partial charge in [0, 0.05) is 37.9 Å². The van der Waals surface area contributed by atoms with Crippen LogP contribution >= 0.6 is 0 Å². The monoisotopic (exact) mass is 228 g/mol. The van der Waals surface area contributed by atoms with Crippen LogP contribution in [0.3, 0.4) is 0 Å². The second-order valence-corrected chi connectivity index (χ2v) is 5.75. The zero-order valence-corrected chi connectivity index (χ0v) is 11.5. The Bertz CT molecular complexity index is 206. The molecule has 16 heavy (non-hydrogen) atoms. The summed E-state index contributed by atoms with van der Waals surface area (Å²) < 4.78 is 5.18. The predicted octanol–water partition coefficient (Wildman–Crippen LogP) is 1.87. The molecule has 0 amide bonds. The SMILES string of the molecule is COCCC(C)N1CC(C)(C)NCCC1C. The van der Waals surface area contributed by atoms with Gasteiger partial charge in [-0.1, -0.05) is 0 Å². The summed E-state index contributed by atoms with van der Waals surface area (Å²) in [5, 5.41) is 3.62. The normalized spacial score (nSPS) is 28.7. The number of methoxy groups -OCH3 is 1. The van der Waals surface area contributed by atoms with Crippen molar-refractivity contribution in [3.05, 3.63) is 0 Å². The van der Waals surface area contributed by atoms with Gasteiger partial charge in [-0.05, 0) is 47.1 Å². The highest BCUT2D eigenvalue weighted by atomic mass is 16.5. The first-order chi connectivity index (χ1) is 7.46. The maximum atomic E-state index is 5.18. The number of hydrogen-bond donors (Lipinski definition) is 1. The summed E-state index contributed by atoms with van der Waals surface area (Å²) in [6, 6.07) is 1.27. The second-order valence-electron chi connectivity index (χ2n) is 5.75. The zero-order chi connectivity index (χ0) is 12.2. The Morgan fingerprint density at radius 3 is 2.81 bits per heavy atom. The number of nitrogens with zero attached hydrogens (tertiary/aromatic N) is 1. The number of rotatable bonds is 4. The molecular formula is C13H28N2O. The van der Waals surface area contributed by atoms with Gasteiger partial charge < -0.3 is 10.1 Å². The summed E-state index contributed by atoms with van der Waals surface area (Å²) in [4.78, 5) is 2.62. The standard InChI is InChI=1S/C13H28N2O/c1-11-6-8-14-13(3,4)10-15(11)12(2)7-9-16-5/h11-12,14H,6-10H2,1-5H3. The molecule has 2 unspecified atom stereocenters. The molecule has 1 fully saturated rings. The summed E-state index contributed by atoms with van der Waals surface area (Å²) in [7, 11) is 1.78. The van der Waals surface area contributed by atoms with Gasteiger partial charge in [0.15, 0.2) is 0 Å². The van der Waals surface area contributed by atoms with Gasteiger partial charge >= 0.3 is 0 Å². The van der Waals surface area contributed by atoms with Crippen LogP contribution in [-0.4, -0.2) is 49.3 Å². The van der Waals surface area contributed by atoms with Gasteiger partial charge in [-0.15, -0.1) is 0 Å². The number of ether oxygens (including phenoxy) is 1. The van der Waals surface area contributed by atoms with Crippen LogP contribution in [0.4, 0.5) is 0 Å². The topological polar surface area (TPSA) is 24.5 Å². The molecule has 0 aromatic rings. The van der Waals surface area contributed by atoms with Crippen LogP contribution in [0.25, 0.3) is 0 Å². The lowest BCUT2D eigenvalue weighted by molar-refractivity contribution is 0.0983. The Kier molecular flexibility index (Phi) is 5.22. The zero-order valence-electron chi connectivity index (χ0n) is 11.5. The van der Waals surface area contributed by atoms with Crippen molar-refractivity contribution in [1.82, 2.24) is 10.2 Å². The highest BCUT2D eigenvalue weighted by molar-refractivity contribution is 4.89. The second kappa shape index (κ2) is 5.99. The largest absolute Gasteiger partial charge is 0.385 e. The molecule has 0 radical (unpaired) electrons. The quantitative estimate of drug-likeness (QED) is 0.795. The average Bonchev–Trinajstić information content (AvgIpc) is 2.34. The van der Waals surface area contributed by atoms with Crippen molar-refractivity contribution in [2.24, 2.45) is 0 Å². The van der Waals surface area contributed by atoms with Crippen LogP contribution in [0.1, 0.15) is 40.5 Å². The van der Waals surface area contributed by atoms with Crippen LogP contribution in [0, 0.1) is 0 Å². The molecule has 0 spiro atoms. The third-order valence-electron chi connectivity index (χ3n) is 3.62. The van der Waals surface area contributed by atoms with E-state index in [9.17, 15) is 0 Å². The van der Waals surface area contributed by atoms with Gasteiger partial charge in [-0.25, -0.2) is 0 Å². The van der Waals surface area contributed by atoms with E-state index in [1.54, 1.807) is 7.11 Å². The number of nitrogens with one attached hydrogen (secondary N) is 1. The highest BCUT2D eigenvalue weighted by Crippen LogP contribution is 2.19. The third-order valence-corrected chi connectivity index (χ3v) is 3.62. The molecule has 1 saturated heterocycles. The van der Waals surface area contributed by atoms with E-state index < -0.39 is 0 Å². The maximum Gasteiger partial charge on any atom is 0.0477 e. The van der Waals surface area contributed by atoms with Gasteiger partial charge in [0.25, 0.3) is 0 Å². The van der Waals surface area contributed by atoms with Crippen molar-refractivity contribution < 1.29 is 4.74 Å². The Labute approximate surface area is 101 Å². The fourth-order valence-corrected chi connectivity index (χ4v) is 2.50. The van der Waals surface area contributed by atoms with E-state index in [-0.39, 0.29) is 5.54 Å². The molecule has 2 atom stereocenters. The van der Waals surface area contributed by atoms with Crippen molar-refractivity contribution in [3.63, 3.8) is 0 Å². The number of hydrogen-bond acceptors (Lipinski definition) is 3. The van der Waals surface area contributed by atoms with E-state index in [4.69, 9.17) is 4.74 Å². The fraction of sp³-hybridized carbons (Fsp3) is 1.00. The minimum Gasteiger partial charge on any atom is -0.385 e. The average molecular weight is 228 g/mol. The van der Waals surface area contributed by atoms with Gasteiger partial charge in [0.2, 0.25) is 0 Å². The highest BCUT2D eigenvalue weighted by Gasteiger charge is 2.30. The van der Waals surface area contributed by atoms with Crippen LogP contribution in [-0.2, 0) is 4.74 Å². The molecule has 3 heteroatoms. The van der Waals surface area contributed by atoms with E-state index in [1.165, 1.54) is 6.42 Å². The van der Waals surface area contributed by atoms with Crippen LogP contribution in [0.5, 0.6) is 0 Å². The molecule has 0 aliphatic carbocycles. The van der Waals surface area contributed by atoms with Gasteiger partial charge in [0.05, 0.1) is 0 Å².